The van der Waals surface area contributed by atoms with Gasteiger partial charge in [-0.15, -0.1) is 0 Å². The molecule has 0 aliphatic carbocycles. The Morgan fingerprint density at radius 1 is 1.28 bits per heavy atom. The highest BCUT2D eigenvalue weighted by Crippen LogP contribution is 2.19. The third-order valence-corrected chi connectivity index (χ3v) is 3.65. The highest BCUT2D eigenvalue weighted by atomic mass is 16.3. The zero-order valence-corrected chi connectivity index (χ0v) is 14.0. The van der Waals surface area contributed by atoms with Crippen LogP contribution in [0.2, 0.25) is 0 Å². The van der Waals surface area contributed by atoms with E-state index in [0.717, 1.165) is 35.2 Å². The summed E-state index contributed by atoms with van der Waals surface area (Å²) in [6.07, 6.45) is 8.38. The number of fused-ring (bicyclic) bond motifs is 1. The Hall–Kier alpha value is -3.21. The summed E-state index contributed by atoms with van der Waals surface area (Å²) in [4.78, 5) is 17.1. The molecule has 5 heteroatoms. The summed E-state index contributed by atoms with van der Waals surface area (Å²) in [5, 5.41) is 4.78. The number of aromatic nitrogens is 1. The van der Waals surface area contributed by atoms with Gasteiger partial charge in [0.15, 0.2) is 0 Å². The molecule has 2 aromatic heterocycles. The number of benzene rings is 1. The number of furan rings is 1. The molecule has 3 rings (SSSR count). The molecule has 0 radical (unpaired) electrons. The molecule has 1 aromatic carbocycles. The molecule has 25 heavy (non-hydrogen) atoms. The quantitative estimate of drug-likeness (QED) is 0.543. The van der Waals surface area contributed by atoms with Gasteiger partial charge in [0.05, 0.1) is 17.3 Å². The van der Waals surface area contributed by atoms with Crippen LogP contribution in [-0.4, -0.2) is 17.1 Å². The Morgan fingerprint density at radius 3 is 2.96 bits per heavy atom. The number of amides is 1. The third-order valence-electron chi connectivity index (χ3n) is 3.65. The van der Waals surface area contributed by atoms with Gasteiger partial charge < -0.3 is 4.42 Å². The zero-order chi connectivity index (χ0) is 17.5. The summed E-state index contributed by atoms with van der Waals surface area (Å²) in [7, 11) is 0. The molecule has 0 saturated carbocycles. The van der Waals surface area contributed by atoms with E-state index in [0.29, 0.717) is 5.56 Å². The fourth-order valence-electron chi connectivity index (χ4n) is 2.53. The van der Waals surface area contributed by atoms with Gasteiger partial charge in [-0.1, -0.05) is 31.5 Å². The minimum Gasteiger partial charge on any atom is -0.465 e. The van der Waals surface area contributed by atoms with Crippen LogP contribution in [0.5, 0.6) is 0 Å². The van der Waals surface area contributed by atoms with E-state index in [-0.39, 0.29) is 5.91 Å². The molecule has 1 amide bonds. The van der Waals surface area contributed by atoms with E-state index in [2.05, 4.69) is 22.4 Å². The van der Waals surface area contributed by atoms with E-state index >= 15 is 0 Å². The van der Waals surface area contributed by atoms with Gasteiger partial charge >= 0.3 is 0 Å². The van der Waals surface area contributed by atoms with Crippen LogP contribution in [0.1, 0.15) is 35.2 Å². The van der Waals surface area contributed by atoms with E-state index in [1.54, 1.807) is 24.5 Å². The van der Waals surface area contributed by atoms with Gasteiger partial charge in [0.1, 0.15) is 5.76 Å². The maximum Gasteiger partial charge on any atom is 0.272 e. The van der Waals surface area contributed by atoms with Crippen LogP contribution in [0, 0.1) is 0 Å². The smallest absolute Gasteiger partial charge is 0.272 e. The molecule has 0 fully saturated rings. The van der Waals surface area contributed by atoms with Crippen molar-refractivity contribution in [1.29, 1.82) is 0 Å². The minimum absolute atomic E-state index is 0.251. The Morgan fingerprint density at radius 2 is 2.16 bits per heavy atom. The molecule has 0 saturated heterocycles. The number of pyridine rings is 1. The van der Waals surface area contributed by atoms with Gasteiger partial charge in [0, 0.05) is 17.3 Å². The lowest BCUT2D eigenvalue weighted by atomic mass is 10.1. The fraction of sp³-hybridized carbons (Fsp3) is 0.150. The van der Waals surface area contributed by atoms with Crippen LogP contribution in [-0.2, 0) is 6.42 Å². The van der Waals surface area contributed by atoms with E-state index in [1.165, 1.54) is 6.21 Å². The molecular weight excluding hydrogens is 314 g/mol. The second kappa shape index (κ2) is 8.06. The van der Waals surface area contributed by atoms with E-state index in [9.17, 15) is 4.79 Å². The number of hydrogen-bond acceptors (Lipinski definition) is 4. The van der Waals surface area contributed by atoms with Crippen molar-refractivity contribution < 1.29 is 9.21 Å². The predicted molar refractivity (Wildman–Crippen MR) is 99.4 cm³/mol. The van der Waals surface area contributed by atoms with E-state index in [4.69, 9.17) is 4.42 Å². The number of aryl methyl sites for hydroxylation is 1. The first kappa shape index (κ1) is 16.6. The molecule has 0 aliphatic rings. The van der Waals surface area contributed by atoms with Crippen LogP contribution < -0.4 is 5.43 Å². The first-order chi connectivity index (χ1) is 12.3. The monoisotopic (exact) mass is 333 g/mol. The minimum atomic E-state index is -0.251. The van der Waals surface area contributed by atoms with Crippen molar-refractivity contribution in [3.8, 4) is 0 Å². The molecule has 5 nitrogen and oxygen atoms in total. The predicted octanol–water partition coefficient (Wildman–Crippen LogP) is 4.21. The summed E-state index contributed by atoms with van der Waals surface area (Å²) >= 11 is 0. The lowest BCUT2D eigenvalue weighted by Crippen LogP contribution is -2.18. The van der Waals surface area contributed by atoms with E-state index in [1.807, 2.05) is 36.4 Å². The molecule has 0 bridgehead atoms. The summed E-state index contributed by atoms with van der Waals surface area (Å²) in [6, 6.07) is 13.1. The van der Waals surface area contributed by atoms with Gasteiger partial charge in [-0.2, -0.15) is 5.10 Å². The van der Waals surface area contributed by atoms with Crippen molar-refractivity contribution in [2.24, 2.45) is 5.10 Å². The van der Waals surface area contributed by atoms with Crippen LogP contribution in [0.4, 0.5) is 0 Å². The number of carbonyl (C=O) groups is 1. The van der Waals surface area contributed by atoms with Crippen LogP contribution in [0.25, 0.3) is 17.0 Å². The van der Waals surface area contributed by atoms with Crippen molar-refractivity contribution in [2.45, 2.75) is 19.8 Å². The average Bonchev–Trinajstić information content (AvgIpc) is 3.14. The number of rotatable bonds is 6. The highest BCUT2D eigenvalue weighted by Gasteiger charge is 2.12. The number of hydrogen-bond donors (Lipinski definition) is 1. The molecule has 0 spiro atoms. The standard InChI is InChI=1S/C20H19N3O2/c1-2-7-15-14-18(17-10-3-4-11-19(17)22-15)20(24)23-21-12-5-8-16-9-6-13-25-16/h3-6,8-14H,2,7H2,1H3,(H,23,24)/b8-5+,21-12?. The molecule has 0 aliphatic heterocycles. The van der Waals surface area contributed by atoms with Crippen molar-refractivity contribution in [1.82, 2.24) is 10.4 Å². The van der Waals surface area contributed by atoms with E-state index < -0.39 is 0 Å². The fourth-order valence-corrected chi connectivity index (χ4v) is 2.53. The maximum absolute atomic E-state index is 12.5. The Bertz CT molecular complexity index is 912. The van der Waals surface area contributed by atoms with Crippen LogP contribution in [0.15, 0.2) is 64.3 Å². The number of nitrogens with zero attached hydrogens (tertiary/aromatic N) is 2. The number of para-hydroxylation sites is 1. The van der Waals surface area contributed by atoms with Gasteiger partial charge in [-0.3, -0.25) is 9.78 Å². The largest absolute Gasteiger partial charge is 0.465 e. The van der Waals surface area contributed by atoms with Gasteiger partial charge in [0.2, 0.25) is 0 Å². The lowest BCUT2D eigenvalue weighted by Gasteiger charge is -2.08. The Balaban J connectivity index is 1.76. The zero-order valence-electron chi connectivity index (χ0n) is 14.0. The van der Waals surface area contributed by atoms with Crippen LogP contribution in [0.3, 0.4) is 0 Å². The number of carbonyl (C=O) groups excluding carboxylic acids is 1. The molecule has 0 unspecified atom stereocenters. The topological polar surface area (TPSA) is 67.5 Å². The second-order valence-electron chi connectivity index (χ2n) is 5.52. The first-order valence-corrected chi connectivity index (χ1v) is 8.20. The van der Waals surface area contributed by atoms with Gasteiger partial charge in [0.25, 0.3) is 5.91 Å². The second-order valence-corrected chi connectivity index (χ2v) is 5.52. The molecule has 0 atom stereocenters. The van der Waals surface area contributed by atoms with Crippen molar-refractivity contribution >= 4 is 29.1 Å². The van der Waals surface area contributed by atoms with Crippen molar-refractivity contribution in [2.75, 3.05) is 0 Å². The molecule has 126 valence electrons. The number of allylic oxidation sites excluding steroid dienone is 1. The van der Waals surface area contributed by atoms with Gasteiger partial charge in [-0.25, -0.2) is 5.43 Å². The number of nitrogens with one attached hydrogen (secondary N) is 1. The molecule has 1 N–H and O–H groups in total. The first-order valence-electron chi connectivity index (χ1n) is 8.20. The summed E-state index contributed by atoms with van der Waals surface area (Å²) in [6.45, 7) is 2.09. The normalized spacial score (nSPS) is 11.6. The molecule has 3 aromatic rings. The summed E-state index contributed by atoms with van der Waals surface area (Å²) in [5.74, 6) is 0.473. The lowest BCUT2D eigenvalue weighted by molar-refractivity contribution is 0.0956. The summed E-state index contributed by atoms with van der Waals surface area (Å²) in [5.41, 5.74) is 4.88. The third kappa shape index (κ3) is 4.20. The number of hydrazone groups is 1. The summed E-state index contributed by atoms with van der Waals surface area (Å²) < 4.78 is 5.17. The average molecular weight is 333 g/mol. The van der Waals surface area contributed by atoms with Crippen molar-refractivity contribution in [3.63, 3.8) is 0 Å². The Labute approximate surface area is 146 Å². The van der Waals surface area contributed by atoms with Gasteiger partial charge in [-0.05, 0) is 42.8 Å². The SMILES string of the molecule is CCCc1cc(C(=O)NN=C/C=C/c2ccco2)c2ccccc2n1. The Kier molecular flexibility index (Phi) is 5.36. The maximum atomic E-state index is 12.5. The molecule has 2 heterocycles. The van der Waals surface area contributed by atoms with Crippen molar-refractivity contribution in [3.05, 3.63) is 71.8 Å². The molecular formula is C20H19N3O2. The van der Waals surface area contributed by atoms with Crippen LogP contribution >= 0.6 is 0 Å². The highest BCUT2D eigenvalue weighted by molar-refractivity contribution is 6.06.